The molecule has 0 amide bonds. The number of hydrogen-bond donors (Lipinski definition) is 2. The summed E-state index contributed by atoms with van der Waals surface area (Å²) in [5.74, 6) is 0. The molecule has 3 nitrogen and oxygen atoms in total. The van der Waals surface area contributed by atoms with Gasteiger partial charge in [-0.25, -0.2) is 0 Å². The van der Waals surface area contributed by atoms with Crippen LogP contribution in [-0.2, 0) is 0 Å². The van der Waals surface area contributed by atoms with Crippen LogP contribution in [0.3, 0.4) is 0 Å². The molecule has 1 heterocycles. The van der Waals surface area contributed by atoms with Crippen molar-refractivity contribution in [3.05, 3.63) is 29.3 Å². The Morgan fingerprint density at radius 3 is 2.67 bits per heavy atom. The van der Waals surface area contributed by atoms with Crippen molar-refractivity contribution < 1.29 is 0 Å². The predicted molar refractivity (Wildman–Crippen MR) is 78.2 cm³/mol. The van der Waals surface area contributed by atoms with E-state index in [-0.39, 0.29) is 5.54 Å². The summed E-state index contributed by atoms with van der Waals surface area (Å²) in [6.07, 6.45) is 3.40. The lowest BCUT2D eigenvalue weighted by Crippen LogP contribution is -2.46. The summed E-state index contributed by atoms with van der Waals surface area (Å²) in [7, 11) is 2.18. The van der Waals surface area contributed by atoms with Gasteiger partial charge in [-0.2, -0.15) is 0 Å². The van der Waals surface area contributed by atoms with Gasteiger partial charge in [0.2, 0.25) is 0 Å². The van der Waals surface area contributed by atoms with E-state index in [9.17, 15) is 0 Å². The average molecular weight is 268 g/mol. The zero-order valence-corrected chi connectivity index (χ0v) is 11.7. The van der Waals surface area contributed by atoms with Gasteiger partial charge in [-0.15, -0.1) is 0 Å². The highest BCUT2D eigenvalue weighted by atomic mass is 35.5. The third-order valence-electron chi connectivity index (χ3n) is 3.81. The van der Waals surface area contributed by atoms with Crippen LogP contribution < -0.4 is 11.1 Å². The SMILES string of the molecule is CN1CCCC(CN)(Nc2ccc(Cl)cc2)CC1. The van der Waals surface area contributed by atoms with Crippen LogP contribution in [0.5, 0.6) is 0 Å². The summed E-state index contributed by atoms with van der Waals surface area (Å²) in [6, 6.07) is 7.87. The van der Waals surface area contributed by atoms with Crippen molar-refractivity contribution in [3.63, 3.8) is 0 Å². The maximum Gasteiger partial charge on any atom is 0.0508 e. The lowest BCUT2D eigenvalue weighted by Gasteiger charge is -2.33. The molecule has 1 aliphatic heterocycles. The molecule has 1 saturated heterocycles. The smallest absolute Gasteiger partial charge is 0.0508 e. The molecule has 3 N–H and O–H groups in total. The number of anilines is 1. The third kappa shape index (κ3) is 3.37. The molecule has 1 aliphatic rings. The van der Waals surface area contributed by atoms with Crippen molar-refractivity contribution in [2.45, 2.75) is 24.8 Å². The molecule has 1 aromatic rings. The van der Waals surface area contributed by atoms with Crippen molar-refractivity contribution in [1.82, 2.24) is 4.90 Å². The first-order chi connectivity index (χ1) is 8.63. The number of benzene rings is 1. The normalized spacial score (nSPS) is 25.7. The zero-order chi connectivity index (χ0) is 13.0. The van der Waals surface area contributed by atoms with Crippen molar-refractivity contribution in [1.29, 1.82) is 0 Å². The Morgan fingerprint density at radius 2 is 2.00 bits per heavy atom. The fraction of sp³-hybridized carbons (Fsp3) is 0.571. The molecule has 1 unspecified atom stereocenters. The van der Waals surface area contributed by atoms with Gasteiger partial charge in [0.1, 0.15) is 0 Å². The lowest BCUT2D eigenvalue weighted by molar-refractivity contribution is 0.337. The van der Waals surface area contributed by atoms with E-state index in [1.54, 1.807) is 0 Å². The third-order valence-corrected chi connectivity index (χ3v) is 4.06. The van der Waals surface area contributed by atoms with E-state index < -0.39 is 0 Å². The van der Waals surface area contributed by atoms with Gasteiger partial charge in [0.05, 0.1) is 5.54 Å². The highest BCUT2D eigenvalue weighted by Gasteiger charge is 2.30. The second kappa shape index (κ2) is 5.91. The van der Waals surface area contributed by atoms with Gasteiger partial charge in [-0.1, -0.05) is 11.6 Å². The molecule has 2 rings (SSSR count). The molecule has 1 aromatic carbocycles. The van der Waals surface area contributed by atoms with Gasteiger partial charge < -0.3 is 16.0 Å². The van der Waals surface area contributed by atoms with Gasteiger partial charge in [0, 0.05) is 23.8 Å². The van der Waals surface area contributed by atoms with Crippen molar-refractivity contribution in [2.75, 3.05) is 32.0 Å². The number of nitrogens with one attached hydrogen (secondary N) is 1. The number of likely N-dealkylation sites (tertiary alicyclic amines) is 1. The molecular formula is C14H22ClN3. The minimum atomic E-state index is 0.0264. The summed E-state index contributed by atoms with van der Waals surface area (Å²) >= 11 is 5.91. The van der Waals surface area contributed by atoms with Crippen LogP contribution >= 0.6 is 11.6 Å². The Kier molecular flexibility index (Phi) is 4.49. The maximum atomic E-state index is 6.02. The molecule has 0 aliphatic carbocycles. The van der Waals surface area contributed by atoms with Crippen molar-refractivity contribution >= 4 is 17.3 Å². The Hall–Kier alpha value is -0.770. The number of halogens is 1. The quantitative estimate of drug-likeness (QED) is 0.884. The van der Waals surface area contributed by atoms with Gasteiger partial charge in [0.15, 0.2) is 0 Å². The van der Waals surface area contributed by atoms with Crippen molar-refractivity contribution in [3.8, 4) is 0 Å². The molecule has 1 fully saturated rings. The van der Waals surface area contributed by atoms with Gasteiger partial charge >= 0.3 is 0 Å². The monoisotopic (exact) mass is 267 g/mol. The summed E-state index contributed by atoms with van der Waals surface area (Å²) in [4.78, 5) is 2.38. The predicted octanol–water partition coefficient (Wildman–Crippen LogP) is 2.57. The number of nitrogens with zero attached hydrogens (tertiary/aromatic N) is 1. The molecule has 100 valence electrons. The van der Waals surface area contributed by atoms with Crippen LogP contribution in [-0.4, -0.2) is 37.1 Å². The van der Waals surface area contributed by atoms with Crippen LogP contribution in [0.25, 0.3) is 0 Å². The maximum absolute atomic E-state index is 6.02. The zero-order valence-electron chi connectivity index (χ0n) is 11.0. The first-order valence-electron chi connectivity index (χ1n) is 6.56. The van der Waals surface area contributed by atoms with Crippen LogP contribution in [0.15, 0.2) is 24.3 Å². The Balaban J connectivity index is 2.09. The van der Waals surface area contributed by atoms with E-state index in [1.807, 2.05) is 24.3 Å². The van der Waals surface area contributed by atoms with E-state index in [0.717, 1.165) is 36.6 Å². The fourth-order valence-corrected chi connectivity index (χ4v) is 2.67. The Morgan fingerprint density at radius 1 is 1.28 bits per heavy atom. The standard InChI is InChI=1S/C14H22ClN3/c1-18-9-2-7-14(11-16,8-10-18)17-13-5-3-12(15)4-6-13/h3-6,17H,2,7-11,16H2,1H3. The van der Waals surface area contributed by atoms with Crippen LogP contribution in [0.4, 0.5) is 5.69 Å². The molecule has 0 radical (unpaired) electrons. The average Bonchev–Trinajstić information content (AvgIpc) is 2.56. The first-order valence-corrected chi connectivity index (χ1v) is 6.94. The Bertz CT molecular complexity index is 379. The first kappa shape index (κ1) is 13.7. The molecule has 0 aromatic heterocycles. The largest absolute Gasteiger partial charge is 0.378 e. The summed E-state index contributed by atoms with van der Waals surface area (Å²) in [5.41, 5.74) is 7.16. The Labute approximate surface area is 114 Å². The minimum Gasteiger partial charge on any atom is -0.378 e. The highest BCUT2D eigenvalue weighted by molar-refractivity contribution is 6.30. The van der Waals surface area contributed by atoms with Crippen molar-refractivity contribution in [2.24, 2.45) is 5.73 Å². The molecule has 0 bridgehead atoms. The summed E-state index contributed by atoms with van der Waals surface area (Å²) in [6.45, 7) is 2.92. The second-order valence-corrected chi connectivity index (χ2v) is 5.71. The summed E-state index contributed by atoms with van der Waals surface area (Å²) in [5, 5.41) is 4.39. The topological polar surface area (TPSA) is 41.3 Å². The second-order valence-electron chi connectivity index (χ2n) is 5.27. The van der Waals surface area contributed by atoms with Crippen LogP contribution in [0.1, 0.15) is 19.3 Å². The van der Waals surface area contributed by atoms with Gasteiger partial charge in [0.25, 0.3) is 0 Å². The van der Waals surface area contributed by atoms with Gasteiger partial charge in [-0.3, -0.25) is 0 Å². The van der Waals surface area contributed by atoms with Crippen LogP contribution in [0, 0.1) is 0 Å². The number of hydrogen-bond acceptors (Lipinski definition) is 3. The van der Waals surface area contributed by atoms with E-state index in [2.05, 4.69) is 17.3 Å². The van der Waals surface area contributed by atoms with E-state index in [4.69, 9.17) is 17.3 Å². The van der Waals surface area contributed by atoms with Gasteiger partial charge in [-0.05, 0) is 57.1 Å². The molecular weight excluding hydrogens is 246 g/mol. The molecule has 18 heavy (non-hydrogen) atoms. The number of rotatable bonds is 3. The van der Waals surface area contributed by atoms with Crippen LogP contribution in [0.2, 0.25) is 5.02 Å². The summed E-state index contributed by atoms with van der Waals surface area (Å²) < 4.78 is 0. The molecule has 1 atom stereocenters. The molecule has 4 heteroatoms. The fourth-order valence-electron chi connectivity index (χ4n) is 2.55. The highest BCUT2D eigenvalue weighted by Crippen LogP contribution is 2.26. The van der Waals surface area contributed by atoms with E-state index >= 15 is 0 Å². The minimum absolute atomic E-state index is 0.0264. The van der Waals surface area contributed by atoms with E-state index in [1.165, 1.54) is 6.42 Å². The lowest BCUT2D eigenvalue weighted by atomic mass is 9.90. The number of nitrogens with two attached hydrogens (primary N) is 1. The van der Waals surface area contributed by atoms with E-state index in [0.29, 0.717) is 6.54 Å². The molecule has 0 saturated carbocycles. The molecule has 0 spiro atoms.